The maximum atomic E-state index is 13.7. The molecule has 10 nitrogen and oxygen atoms in total. The summed E-state index contributed by atoms with van der Waals surface area (Å²) in [6.07, 6.45) is 3.75. The van der Waals surface area contributed by atoms with Gasteiger partial charge < -0.3 is 24.8 Å². The van der Waals surface area contributed by atoms with E-state index in [-0.39, 0.29) is 29.2 Å². The van der Waals surface area contributed by atoms with Crippen LogP contribution in [0.1, 0.15) is 16.1 Å². The lowest BCUT2D eigenvalue weighted by molar-refractivity contribution is 0.0954. The molecule has 0 atom stereocenters. The first-order valence-corrected chi connectivity index (χ1v) is 13.9. The number of carbonyl (C=O) groups is 1. The lowest BCUT2D eigenvalue weighted by atomic mass is 10.2. The highest BCUT2D eigenvalue weighted by Gasteiger charge is 2.19. The Hall–Kier alpha value is -5.06. The number of pyridine rings is 1. The first-order chi connectivity index (χ1) is 20.9. The minimum absolute atomic E-state index is 0.103. The Labute approximate surface area is 255 Å². The van der Waals surface area contributed by atoms with Crippen molar-refractivity contribution in [2.75, 3.05) is 18.7 Å². The highest BCUT2D eigenvalue weighted by atomic mass is 35.5. The Balaban J connectivity index is 1.25. The molecule has 2 N–H and O–H groups in total. The van der Waals surface area contributed by atoms with Gasteiger partial charge in [0.05, 0.1) is 21.9 Å². The number of nitrogens with zero attached hydrogens (tertiary/aromatic N) is 3. The maximum absolute atomic E-state index is 13.7. The van der Waals surface area contributed by atoms with E-state index in [4.69, 9.17) is 37.4 Å². The molecule has 12 heteroatoms. The molecule has 0 spiro atoms. The first-order valence-electron chi connectivity index (χ1n) is 13.1. The van der Waals surface area contributed by atoms with E-state index in [1.54, 1.807) is 66.9 Å². The van der Waals surface area contributed by atoms with Crippen LogP contribution in [0.2, 0.25) is 10.0 Å². The van der Waals surface area contributed by atoms with E-state index >= 15 is 0 Å². The molecule has 6 rings (SSSR count). The van der Waals surface area contributed by atoms with Gasteiger partial charge >= 0.3 is 0 Å². The summed E-state index contributed by atoms with van der Waals surface area (Å²) in [7, 11) is 0. The van der Waals surface area contributed by atoms with Gasteiger partial charge in [-0.05, 0) is 66.7 Å². The van der Waals surface area contributed by atoms with Crippen molar-refractivity contribution in [1.29, 1.82) is 0 Å². The van der Waals surface area contributed by atoms with Crippen LogP contribution in [-0.4, -0.2) is 34.0 Å². The van der Waals surface area contributed by atoms with Crippen molar-refractivity contribution in [3.63, 3.8) is 0 Å². The number of fused-ring (bicyclic) bond motifs is 1. The average molecular weight is 616 g/mol. The molecule has 1 aliphatic rings. The number of ether oxygens (including phenoxy) is 3. The van der Waals surface area contributed by atoms with Gasteiger partial charge in [0.2, 0.25) is 6.79 Å². The summed E-state index contributed by atoms with van der Waals surface area (Å²) in [4.78, 5) is 30.7. The zero-order valence-corrected chi connectivity index (χ0v) is 23.9. The first kappa shape index (κ1) is 28.1. The number of hydrogen-bond donors (Lipinski definition) is 2. The summed E-state index contributed by atoms with van der Waals surface area (Å²) in [6.45, 7) is 0.562. The Morgan fingerprint density at radius 3 is 2.58 bits per heavy atom. The summed E-state index contributed by atoms with van der Waals surface area (Å²) >= 11 is 12.3. The van der Waals surface area contributed by atoms with Crippen LogP contribution in [-0.2, 0) is 6.42 Å². The van der Waals surface area contributed by atoms with E-state index in [1.165, 1.54) is 10.9 Å². The third kappa shape index (κ3) is 6.40. The molecule has 2 aromatic heterocycles. The molecular formula is C31H23Cl2N5O5. The predicted molar refractivity (Wildman–Crippen MR) is 162 cm³/mol. The van der Waals surface area contributed by atoms with Gasteiger partial charge in [0.25, 0.3) is 11.5 Å². The van der Waals surface area contributed by atoms with Gasteiger partial charge in [-0.2, -0.15) is 9.78 Å². The molecule has 5 aromatic rings. The quantitative estimate of drug-likeness (QED) is 0.202. The molecule has 1 amide bonds. The molecule has 0 aliphatic carbocycles. The van der Waals surface area contributed by atoms with Gasteiger partial charge in [0.1, 0.15) is 5.75 Å². The topological polar surface area (TPSA) is 117 Å². The Morgan fingerprint density at radius 1 is 0.953 bits per heavy atom. The second kappa shape index (κ2) is 12.4. The molecule has 43 heavy (non-hydrogen) atoms. The minimum atomic E-state index is -0.507. The van der Waals surface area contributed by atoms with Gasteiger partial charge in [0, 0.05) is 42.2 Å². The number of halogens is 2. The molecule has 0 fully saturated rings. The number of anilines is 2. The van der Waals surface area contributed by atoms with Crippen molar-refractivity contribution in [3.05, 3.63) is 123 Å². The van der Waals surface area contributed by atoms with Crippen LogP contribution < -0.4 is 30.4 Å². The molecule has 0 saturated carbocycles. The fraction of sp³-hybridized carbons (Fsp3) is 0.0968. The number of amides is 1. The molecule has 3 heterocycles. The third-order valence-electron chi connectivity index (χ3n) is 6.47. The van der Waals surface area contributed by atoms with Crippen LogP contribution in [0.3, 0.4) is 0 Å². The summed E-state index contributed by atoms with van der Waals surface area (Å²) in [5.41, 5.74) is 1.91. The van der Waals surface area contributed by atoms with Crippen molar-refractivity contribution in [2.24, 2.45) is 0 Å². The van der Waals surface area contributed by atoms with E-state index in [9.17, 15) is 9.59 Å². The lowest BCUT2D eigenvalue weighted by Crippen LogP contribution is -2.26. The van der Waals surface area contributed by atoms with Gasteiger partial charge in [-0.15, -0.1) is 0 Å². The Kier molecular flexibility index (Phi) is 8.12. The summed E-state index contributed by atoms with van der Waals surface area (Å²) < 4.78 is 18.1. The van der Waals surface area contributed by atoms with E-state index in [2.05, 4.69) is 20.7 Å². The average Bonchev–Trinajstić information content (AvgIpc) is 3.49. The highest BCUT2D eigenvalue weighted by molar-refractivity contribution is 6.42. The van der Waals surface area contributed by atoms with Gasteiger partial charge in [0.15, 0.2) is 22.9 Å². The van der Waals surface area contributed by atoms with Gasteiger partial charge in [-0.3, -0.25) is 14.6 Å². The summed E-state index contributed by atoms with van der Waals surface area (Å²) in [6, 6.07) is 22.2. The predicted octanol–water partition coefficient (Wildman–Crippen LogP) is 6.17. The monoisotopic (exact) mass is 615 g/mol. The van der Waals surface area contributed by atoms with Gasteiger partial charge in [-0.1, -0.05) is 29.3 Å². The SMILES string of the molecule is O=C(NCCc1ccccn1)c1ccc(Nc2c(Oc3ccc4c(c3)OCO4)cnn(-c3ccc(Cl)c(Cl)c3)c2=O)cc1. The fourth-order valence-electron chi connectivity index (χ4n) is 4.30. The fourth-order valence-corrected chi connectivity index (χ4v) is 4.59. The highest BCUT2D eigenvalue weighted by Crippen LogP contribution is 2.38. The van der Waals surface area contributed by atoms with Crippen molar-refractivity contribution in [3.8, 4) is 28.7 Å². The number of rotatable bonds is 9. The standard InChI is InChI=1S/C31H23Cl2N5O5/c32-24-10-8-22(15-25(24)33)38-31(40)29(28(17-36-38)43-23-9-11-26-27(16-23)42-18-41-26)37-21-6-4-19(5-7-21)30(39)35-14-12-20-3-1-2-13-34-20/h1-11,13,15-17,37H,12,14,18H2,(H,35,39). The van der Waals surface area contributed by atoms with Crippen LogP contribution in [0.15, 0.2) is 96.1 Å². The normalized spacial score (nSPS) is 11.7. The van der Waals surface area contributed by atoms with Crippen LogP contribution in [0.25, 0.3) is 5.69 Å². The molecule has 216 valence electrons. The number of aromatic nitrogens is 3. The number of nitrogens with one attached hydrogen (secondary N) is 2. The second-order valence-electron chi connectivity index (χ2n) is 9.35. The Bertz CT molecular complexity index is 1850. The molecule has 0 unspecified atom stereocenters. The van der Waals surface area contributed by atoms with E-state index in [0.717, 1.165) is 5.69 Å². The Morgan fingerprint density at radius 2 is 1.79 bits per heavy atom. The lowest BCUT2D eigenvalue weighted by Gasteiger charge is -2.15. The second-order valence-corrected chi connectivity index (χ2v) is 10.2. The van der Waals surface area contributed by atoms with Crippen molar-refractivity contribution in [1.82, 2.24) is 20.1 Å². The number of carbonyl (C=O) groups excluding carboxylic acids is 1. The number of hydrogen-bond acceptors (Lipinski definition) is 8. The van der Waals surface area contributed by atoms with Crippen molar-refractivity contribution in [2.45, 2.75) is 6.42 Å². The molecular weight excluding hydrogens is 593 g/mol. The molecule has 0 radical (unpaired) electrons. The van der Waals surface area contributed by atoms with E-state index in [0.29, 0.717) is 52.2 Å². The third-order valence-corrected chi connectivity index (χ3v) is 7.21. The zero-order valence-electron chi connectivity index (χ0n) is 22.4. The van der Waals surface area contributed by atoms with Crippen LogP contribution in [0.5, 0.6) is 23.0 Å². The minimum Gasteiger partial charge on any atom is -0.454 e. The smallest absolute Gasteiger partial charge is 0.299 e. The van der Waals surface area contributed by atoms with Crippen LogP contribution in [0, 0.1) is 0 Å². The number of benzene rings is 3. The van der Waals surface area contributed by atoms with E-state index in [1.807, 2.05) is 18.2 Å². The largest absolute Gasteiger partial charge is 0.454 e. The van der Waals surface area contributed by atoms with Crippen molar-refractivity contribution >= 4 is 40.5 Å². The van der Waals surface area contributed by atoms with Crippen LogP contribution >= 0.6 is 23.2 Å². The molecule has 3 aromatic carbocycles. The van der Waals surface area contributed by atoms with Gasteiger partial charge in [-0.25, -0.2) is 0 Å². The van der Waals surface area contributed by atoms with Crippen LogP contribution in [0.4, 0.5) is 11.4 Å². The maximum Gasteiger partial charge on any atom is 0.299 e. The van der Waals surface area contributed by atoms with Crippen molar-refractivity contribution < 1.29 is 19.0 Å². The summed E-state index contributed by atoms with van der Waals surface area (Å²) in [5, 5.41) is 10.9. The van der Waals surface area contributed by atoms with E-state index < -0.39 is 5.56 Å². The zero-order chi connectivity index (χ0) is 29.8. The molecule has 0 bridgehead atoms. The molecule has 1 aliphatic heterocycles. The molecule has 0 saturated heterocycles. The summed E-state index contributed by atoms with van der Waals surface area (Å²) in [5.74, 6) is 1.48.